The summed E-state index contributed by atoms with van der Waals surface area (Å²) in [5, 5.41) is 14.4. The summed E-state index contributed by atoms with van der Waals surface area (Å²) >= 11 is 0. The van der Waals surface area contributed by atoms with Crippen LogP contribution in [-0.2, 0) is 16.5 Å². The smallest absolute Gasteiger partial charge is 0.180 e. The summed E-state index contributed by atoms with van der Waals surface area (Å²) in [6, 6.07) is 6.52. The molecule has 2 saturated heterocycles. The molecule has 0 bridgehead atoms. The standard InChI is InChI=1S/C25H32N8O2/c1-16-13-21(32(28-16)23-7-5-6-11-35-23)25-27-18(3)24-19(20-8-9-26-30(20)4)14-22(29-33(24)25)31-10-12-34-15-17(31)2/h8-9,13-14,17,23H,5-7,10-12,15H2,1-4H3/t17-,23?/m1/s1. The van der Waals surface area contributed by atoms with Crippen molar-refractivity contribution >= 4 is 11.3 Å². The van der Waals surface area contributed by atoms with Crippen molar-refractivity contribution in [3.8, 4) is 22.8 Å². The van der Waals surface area contributed by atoms with E-state index in [1.54, 1.807) is 0 Å². The highest BCUT2D eigenvalue weighted by molar-refractivity contribution is 5.84. The van der Waals surface area contributed by atoms with Gasteiger partial charge in [-0.05, 0) is 58.2 Å². The van der Waals surface area contributed by atoms with E-state index >= 15 is 0 Å². The molecule has 2 atom stereocenters. The summed E-state index contributed by atoms with van der Waals surface area (Å²) in [7, 11) is 1.97. The van der Waals surface area contributed by atoms with Crippen LogP contribution in [0.5, 0.6) is 0 Å². The van der Waals surface area contributed by atoms with E-state index in [0.29, 0.717) is 13.2 Å². The van der Waals surface area contributed by atoms with E-state index in [1.165, 1.54) is 0 Å². The van der Waals surface area contributed by atoms with Gasteiger partial charge in [-0.3, -0.25) is 4.68 Å². The zero-order valence-corrected chi connectivity index (χ0v) is 20.8. The molecular weight excluding hydrogens is 444 g/mol. The molecule has 2 aliphatic rings. The second-order valence-electron chi connectivity index (χ2n) is 9.59. The average Bonchev–Trinajstić information content (AvgIpc) is 3.56. The minimum absolute atomic E-state index is 0.0842. The molecule has 1 unspecified atom stereocenters. The maximum absolute atomic E-state index is 6.10. The molecule has 2 aliphatic heterocycles. The summed E-state index contributed by atoms with van der Waals surface area (Å²) in [5.74, 6) is 1.68. The van der Waals surface area contributed by atoms with E-state index in [1.807, 2.05) is 47.0 Å². The minimum Gasteiger partial charge on any atom is -0.377 e. The molecule has 4 aromatic heterocycles. The van der Waals surface area contributed by atoms with E-state index in [0.717, 1.165) is 77.9 Å². The number of imidazole rings is 1. The summed E-state index contributed by atoms with van der Waals surface area (Å²) < 4.78 is 17.7. The zero-order chi connectivity index (χ0) is 24.1. The van der Waals surface area contributed by atoms with Gasteiger partial charge < -0.3 is 14.4 Å². The van der Waals surface area contributed by atoms with Gasteiger partial charge in [0.25, 0.3) is 0 Å². The largest absolute Gasteiger partial charge is 0.377 e. The predicted molar refractivity (Wildman–Crippen MR) is 132 cm³/mol. The Morgan fingerprint density at radius 3 is 2.69 bits per heavy atom. The number of nitrogens with zero attached hydrogens (tertiary/aromatic N) is 8. The minimum atomic E-state index is -0.0842. The Labute approximate surface area is 204 Å². The molecule has 0 N–H and O–H groups in total. The first-order valence-corrected chi connectivity index (χ1v) is 12.4. The summed E-state index contributed by atoms with van der Waals surface area (Å²) in [5.41, 5.74) is 5.83. The van der Waals surface area contributed by atoms with E-state index in [9.17, 15) is 0 Å². The second kappa shape index (κ2) is 8.76. The van der Waals surface area contributed by atoms with Gasteiger partial charge in [0.15, 0.2) is 17.9 Å². The van der Waals surface area contributed by atoms with Gasteiger partial charge in [-0.1, -0.05) is 0 Å². The number of aryl methyl sites for hydroxylation is 3. The highest BCUT2D eigenvalue weighted by Gasteiger charge is 2.28. The van der Waals surface area contributed by atoms with Gasteiger partial charge in [0, 0.05) is 32.0 Å². The van der Waals surface area contributed by atoms with Crippen molar-refractivity contribution in [3.05, 3.63) is 35.8 Å². The number of aromatic nitrogens is 7. The van der Waals surface area contributed by atoms with Gasteiger partial charge in [-0.2, -0.15) is 10.2 Å². The molecule has 6 rings (SSSR count). The molecule has 4 aromatic rings. The molecule has 0 spiro atoms. The van der Waals surface area contributed by atoms with Gasteiger partial charge in [-0.15, -0.1) is 5.10 Å². The van der Waals surface area contributed by atoms with Crippen LogP contribution in [0.3, 0.4) is 0 Å². The SMILES string of the molecule is Cc1cc(-c2nc(C)c3c(-c4ccnn4C)cc(N4CCOC[C@H]4C)nn23)n(C2CCCCO2)n1. The molecule has 0 radical (unpaired) electrons. The maximum atomic E-state index is 6.10. The van der Waals surface area contributed by atoms with Crippen LogP contribution in [0.1, 0.15) is 43.8 Å². The van der Waals surface area contributed by atoms with Crippen LogP contribution >= 0.6 is 0 Å². The van der Waals surface area contributed by atoms with Crippen LogP contribution < -0.4 is 4.90 Å². The molecule has 0 aromatic carbocycles. The number of hydrogen-bond donors (Lipinski definition) is 0. The first-order chi connectivity index (χ1) is 17.0. The number of anilines is 1. The Morgan fingerprint density at radius 1 is 1.06 bits per heavy atom. The van der Waals surface area contributed by atoms with Crippen molar-refractivity contribution in [2.45, 2.75) is 52.3 Å². The van der Waals surface area contributed by atoms with Crippen molar-refractivity contribution in [3.63, 3.8) is 0 Å². The van der Waals surface area contributed by atoms with Crippen molar-refractivity contribution in [2.24, 2.45) is 7.05 Å². The van der Waals surface area contributed by atoms with E-state index in [2.05, 4.69) is 29.1 Å². The van der Waals surface area contributed by atoms with Crippen LogP contribution in [0, 0.1) is 13.8 Å². The van der Waals surface area contributed by atoms with Crippen LogP contribution in [0.2, 0.25) is 0 Å². The van der Waals surface area contributed by atoms with Crippen molar-refractivity contribution < 1.29 is 9.47 Å². The molecule has 0 saturated carbocycles. The van der Waals surface area contributed by atoms with E-state index in [-0.39, 0.29) is 12.3 Å². The first kappa shape index (κ1) is 22.2. The lowest BCUT2D eigenvalue weighted by Gasteiger charge is -2.34. The lowest BCUT2D eigenvalue weighted by Crippen LogP contribution is -2.44. The van der Waals surface area contributed by atoms with E-state index in [4.69, 9.17) is 24.7 Å². The van der Waals surface area contributed by atoms with Crippen LogP contribution in [-0.4, -0.2) is 66.6 Å². The first-order valence-electron chi connectivity index (χ1n) is 12.4. The van der Waals surface area contributed by atoms with Crippen molar-refractivity contribution in [2.75, 3.05) is 31.3 Å². The van der Waals surface area contributed by atoms with E-state index < -0.39 is 0 Å². The lowest BCUT2D eigenvalue weighted by atomic mass is 10.1. The molecule has 10 heteroatoms. The quantitative estimate of drug-likeness (QED) is 0.445. The van der Waals surface area contributed by atoms with Crippen molar-refractivity contribution in [1.29, 1.82) is 0 Å². The number of rotatable bonds is 4. The topological polar surface area (TPSA) is 87.5 Å². The molecular formula is C25H32N8O2. The summed E-state index contributed by atoms with van der Waals surface area (Å²) in [4.78, 5) is 7.36. The fourth-order valence-corrected chi connectivity index (χ4v) is 5.28. The van der Waals surface area contributed by atoms with Crippen molar-refractivity contribution in [1.82, 2.24) is 34.2 Å². The Bertz CT molecular complexity index is 1360. The molecule has 35 heavy (non-hydrogen) atoms. The number of hydrogen-bond acceptors (Lipinski definition) is 7. The predicted octanol–water partition coefficient (Wildman–Crippen LogP) is 3.53. The fourth-order valence-electron chi connectivity index (χ4n) is 5.28. The Kier molecular flexibility index (Phi) is 5.57. The van der Waals surface area contributed by atoms with Gasteiger partial charge in [0.2, 0.25) is 0 Å². The molecule has 184 valence electrons. The van der Waals surface area contributed by atoms with Gasteiger partial charge >= 0.3 is 0 Å². The molecule has 2 fully saturated rings. The summed E-state index contributed by atoms with van der Waals surface area (Å²) in [6.45, 7) is 9.15. The highest BCUT2D eigenvalue weighted by atomic mass is 16.5. The normalized spacial score (nSPS) is 21.2. The Morgan fingerprint density at radius 2 is 1.94 bits per heavy atom. The van der Waals surface area contributed by atoms with Crippen LogP contribution in [0.4, 0.5) is 5.82 Å². The van der Waals surface area contributed by atoms with Gasteiger partial charge in [-0.25, -0.2) is 14.2 Å². The third-order valence-corrected chi connectivity index (χ3v) is 7.03. The van der Waals surface area contributed by atoms with Gasteiger partial charge in [0.05, 0.1) is 41.9 Å². The maximum Gasteiger partial charge on any atom is 0.180 e. The zero-order valence-electron chi connectivity index (χ0n) is 20.8. The van der Waals surface area contributed by atoms with Crippen LogP contribution in [0.15, 0.2) is 24.4 Å². The second-order valence-corrected chi connectivity index (χ2v) is 9.59. The van der Waals surface area contributed by atoms with Gasteiger partial charge in [0.1, 0.15) is 5.69 Å². The fraction of sp³-hybridized carbons (Fsp3) is 0.520. The molecule has 0 aliphatic carbocycles. The average molecular weight is 477 g/mol. The Hall–Kier alpha value is -3.24. The third kappa shape index (κ3) is 3.81. The number of morpholine rings is 1. The number of fused-ring (bicyclic) bond motifs is 1. The monoisotopic (exact) mass is 476 g/mol. The highest BCUT2D eigenvalue weighted by Crippen LogP contribution is 2.35. The lowest BCUT2D eigenvalue weighted by molar-refractivity contribution is -0.0386. The molecule has 0 amide bonds. The Balaban J connectivity index is 1.59. The molecule has 6 heterocycles. The van der Waals surface area contributed by atoms with Crippen LogP contribution in [0.25, 0.3) is 28.3 Å². The third-order valence-electron chi connectivity index (χ3n) is 7.03. The summed E-state index contributed by atoms with van der Waals surface area (Å²) in [6.07, 6.45) is 4.91. The number of ether oxygens (including phenoxy) is 2. The molecule has 10 nitrogen and oxygen atoms in total.